The van der Waals surface area contributed by atoms with E-state index >= 15 is 0 Å². The number of para-hydroxylation sites is 1. The fraction of sp³-hybridized carbons (Fsp3) is 0.235. The van der Waals surface area contributed by atoms with Crippen LogP contribution in [0.4, 0.5) is 0 Å². The van der Waals surface area contributed by atoms with Crippen LogP contribution in [0.15, 0.2) is 50.6 Å². The van der Waals surface area contributed by atoms with Gasteiger partial charge in [0.25, 0.3) is 0 Å². The van der Waals surface area contributed by atoms with Crippen molar-refractivity contribution in [3.63, 3.8) is 0 Å². The second-order valence-electron chi connectivity index (χ2n) is 5.86. The average Bonchev–Trinajstić information content (AvgIpc) is 3.12. The van der Waals surface area contributed by atoms with E-state index in [0.29, 0.717) is 3.79 Å². The van der Waals surface area contributed by atoms with Gasteiger partial charge < -0.3 is 9.67 Å². The standard InChI is InChI=1S/C17H16BrNO4S2/c1-19-9-11(13-4-2-3-5-14(13)19)8-12(17(20)21)10-25(22,23)16-7-6-15(18)24-16/h2-7,9,12H,8,10H2,1H3,(H,20,21)/t12-/m1/s1. The zero-order valence-corrected chi connectivity index (χ0v) is 16.6. The molecule has 1 aromatic carbocycles. The van der Waals surface area contributed by atoms with Crippen molar-refractivity contribution >= 4 is 54.0 Å². The van der Waals surface area contributed by atoms with Gasteiger partial charge in [-0.3, -0.25) is 4.79 Å². The van der Waals surface area contributed by atoms with Crippen LogP contribution in [0.5, 0.6) is 0 Å². The molecule has 0 aliphatic carbocycles. The highest BCUT2D eigenvalue weighted by Gasteiger charge is 2.28. The van der Waals surface area contributed by atoms with Crippen molar-refractivity contribution in [1.82, 2.24) is 4.57 Å². The molecule has 0 aliphatic heterocycles. The van der Waals surface area contributed by atoms with Crippen molar-refractivity contribution in [2.24, 2.45) is 13.0 Å². The second-order valence-corrected chi connectivity index (χ2v) is 10.6. The van der Waals surface area contributed by atoms with Crippen LogP contribution in [0.3, 0.4) is 0 Å². The van der Waals surface area contributed by atoms with Crippen LogP contribution in [-0.4, -0.2) is 29.8 Å². The normalized spacial score (nSPS) is 13.2. The van der Waals surface area contributed by atoms with E-state index in [-0.39, 0.29) is 10.6 Å². The maximum atomic E-state index is 12.5. The minimum absolute atomic E-state index is 0.169. The molecule has 0 fully saturated rings. The summed E-state index contributed by atoms with van der Waals surface area (Å²) >= 11 is 4.33. The molecule has 0 radical (unpaired) electrons. The number of halogens is 1. The first-order valence-corrected chi connectivity index (χ1v) is 10.8. The van der Waals surface area contributed by atoms with Crippen LogP contribution < -0.4 is 0 Å². The van der Waals surface area contributed by atoms with Gasteiger partial charge in [-0.25, -0.2) is 8.42 Å². The summed E-state index contributed by atoms with van der Waals surface area (Å²) in [6.45, 7) is 0. The molecule has 0 saturated heterocycles. The maximum Gasteiger partial charge on any atom is 0.307 e. The van der Waals surface area contributed by atoms with Crippen molar-refractivity contribution in [2.75, 3.05) is 5.75 Å². The summed E-state index contributed by atoms with van der Waals surface area (Å²) in [6.07, 6.45) is 2.04. The van der Waals surface area contributed by atoms with Gasteiger partial charge in [-0.1, -0.05) is 18.2 Å². The lowest BCUT2D eigenvalue weighted by molar-refractivity contribution is -0.140. The summed E-state index contributed by atoms with van der Waals surface area (Å²) in [7, 11) is -1.76. The Kier molecular flexibility index (Phi) is 5.04. The molecule has 1 atom stereocenters. The van der Waals surface area contributed by atoms with Crippen LogP contribution in [0.25, 0.3) is 10.9 Å². The minimum Gasteiger partial charge on any atom is -0.481 e. The Hall–Kier alpha value is -1.64. The van der Waals surface area contributed by atoms with Crippen LogP contribution >= 0.6 is 27.3 Å². The number of nitrogens with zero attached hydrogens (tertiary/aromatic N) is 1. The number of aliphatic carboxylic acids is 1. The quantitative estimate of drug-likeness (QED) is 0.632. The molecule has 1 N–H and O–H groups in total. The highest BCUT2D eigenvalue weighted by Crippen LogP contribution is 2.29. The van der Waals surface area contributed by atoms with Gasteiger partial charge in [0.2, 0.25) is 0 Å². The van der Waals surface area contributed by atoms with Gasteiger partial charge in [0, 0.05) is 24.1 Å². The molecule has 0 amide bonds. The molecule has 25 heavy (non-hydrogen) atoms. The number of thiophene rings is 1. The first-order chi connectivity index (χ1) is 11.8. The number of aryl methyl sites for hydroxylation is 1. The molecule has 2 aromatic heterocycles. The van der Waals surface area contributed by atoms with Gasteiger partial charge in [0.1, 0.15) is 4.21 Å². The number of carboxylic acid groups (broad SMARTS) is 1. The molecule has 8 heteroatoms. The van der Waals surface area contributed by atoms with Crippen LogP contribution in [0, 0.1) is 5.92 Å². The molecular formula is C17H16BrNO4S2. The fourth-order valence-corrected chi connectivity index (χ4v) is 6.54. The van der Waals surface area contributed by atoms with E-state index in [9.17, 15) is 18.3 Å². The van der Waals surface area contributed by atoms with E-state index in [2.05, 4.69) is 15.9 Å². The van der Waals surface area contributed by atoms with Crippen LogP contribution in [0.1, 0.15) is 5.56 Å². The second kappa shape index (κ2) is 6.93. The first-order valence-electron chi connectivity index (χ1n) is 7.52. The molecule has 3 aromatic rings. The zero-order chi connectivity index (χ0) is 18.2. The number of sulfone groups is 1. The Morgan fingerprint density at radius 2 is 2.00 bits per heavy atom. The molecule has 0 aliphatic rings. The van der Waals surface area contributed by atoms with Gasteiger partial charge in [-0.15, -0.1) is 11.3 Å². The summed E-state index contributed by atoms with van der Waals surface area (Å²) in [6, 6.07) is 10.8. The predicted molar refractivity (Wildman–Crippen MR) is 102 cm³/mol. The Morgan fingerprint density at radius 1 is 1.28 bits per heavy atom. The van der Waals surface area contributed by atoms with Gasteiger partial charge in [0.15, 0.2) is 9.84 Å². The van der Waals surface area contributed by atoms with Crippen molar-refractivity contribution in [3.8, 4) is 0 Å². The van der Waals surface area contributed by atoms with Crippen molar-refractivity contribution in [3.05, 3.63) is 51.9 Å². The van der Waals surface area contributed by atoms with E-state index in [0.717, 1.165) is 27.8 Å². The lowest BCUT2D eigenvalue weighted by Gasteiger charge is -2.11. The number of aromatic nitrogens is 1. The van der Waals surface area contributed by atoms with Crippen molar-refractivity contribution in [2.45, 2.75) is 10.6 Å². The summed E-state index contributed by atoms with van der Waals surface area (Å²) in [4.78, 5) is 11.7. The molecule has 3 rings (SSSR count). The summed E-state index contributed by atoms with van der Waals surface area (Å²) in [5, 5.41) is 10.5. The number of benzene rings is 1. The van der Waals surface area contributed by atoms with Crippen molar-refractivity contribution < 1.29 is 18.3 Å². The Balaban J connectivity index is 1.90. The summed E-state index contributed by atoms with van der Waals surface area (Å²) < 4.78 is 27.9. The number of rotatable bonds is 6. The molecular weight excluding hydrogens is 426 g/mol. The van der Waals surface area contributed by atoms with Gasteiger partial charge in [0.05, 0.1) is 15.5 Å². The third-order valence-electron chi connectivity index (χ3n) is 4.07. The number of fused-ring (bicyclic) bond motifs is 1. The fourth-order valence-electron chi connectivity index (χ4n) is 2.88. The van der Waals surface area contributed by atoms with Crippen LogP contribution in [0.2, 0.25) is 0 Å². The number of hydrogen-bond acceptors (Lipinski definition) is 4. The van der Waals surface area contributed by atoms with E-state index in [4.69, 9.17) is 0 Å². The third kappa shape index (κ3) is 3.80. The Morgan fingerprint density at radius 3 is 2.64 bits per heavy atom. The molecule has 0 saturated carbocycles. The van der Waals surface area contributed by atoms with E-state index in [1.165, 1.54) is 6.07 Å². The lowest BCUT2D eigenvalue weighted by atomic mass is 10.0. The first kappa shape index (κ1) is 18.2. The van der Waals surface area contributed by atoms with Gasteiger partial charge >= 0.3 is 5.97 Å². The molecule has 0 spiro atoms. The zero-order valence-electron chi connectivity index (χ0n) is 13.3. The van der Waals surface area contributed by atoms with E-state index < -0.39 is 27.5 Å². The smallest absolute Gasteiger partial charge is 0.307 e. The highest BCUT2D eigenvalue weighted by molar-refractivity contribution is 9.11. The largest absolute Gasteiger partial charge is 0.481 e. The molecule has 0 bridgehead atoms. The topological polar surface area (TPSA) is 76.4 Å². The third-order valence-corrected chi connectivity index (χ3v) is 8.09. The minimum atomic E-state index is -3.65. The summed E-state index contributed by atoms with van der Waals surface area (Å²) in [5.74, 6) is -2.53. The van der Waals surface area contributed by atoms with Gasteiger partial charge in [-0.05, 0) is 46.1 Å². The number of carbonyl (C=O) groups is 1. The average molecular weight is 442 g/mol. The Labute approximate surface area is 158 Å². The molecule has 0 unspecified atom stereocenters. The Bertz CT molecular complexity index is 1040. The summed E-state index contributed by atoms with van der Waals surface area (Å²) in [5.41, 5.74) is 1.83. The highest BCUT2D eigenvalue weighted by atomic mass is 79.9. The maximum absolute atomic E-state index is 12.5. The van der Waals surface area contributed by atoms with Gasteiger partial charge in [-0.2, -0.15) is 0 Å². The lowest BCUT2D eigenvalue weighted by Crippen LogP contribution is -2.25. The number of carboxylic acids is 1. The molecule has 2 heterocycles. The molecule has 132 valence electrons. The SMILES string of the molecule is Cn1cc(C[C@H](CS(=O)(=O)c2ccc(Br)s2)C(=O)O)c2ccccc21. The number of hydrogen-bond donors (Lipinski definition) is 1. The van der Waals surface area contributed by atoms with Crippen LogP contribution in [-0.2, 0) is 28.1 Å². The van der Waals surface area contributed by atoms with E-state index in [1.807, 2.05) is 42.1 Å². The molecule has 5 nitrogen and oxygen atoms in total. The van der Waals surface area contributed by atoms with E-state index in [1.54, 1.807) is 6.07 Å². The predicted octanol–water partition coefficient (Wildman–Crippen LogP) is 3.72. The van der Waals surface area contributed by atoms with Crippen molar-refractivity contribution in [1.29, 1.82) is 0 Å². The monoisotopic (exact) mass is 441 g/mol.